The van der Waals surface area contributed by atoms with Gasteiger partial charge in [0.1, 0.15) is 17.1 Å². The molecule has 2 saturated carbocycles. The normalized spacial score (nSPS) is 21.8. The maximum Gasteiger partial charge on any atom is 0.312 e. The van der Waals surface area contributed by atoms with E-state index in [-0.39, 0.29) is 40.7 Å². The lowest BCUT2D eigenvalue weighted by Crippen LogP contribution is -2.44. The quantitative estimate of drug-likeness (QED) is 0.0586. The molecule has 2 N–H and O–H groups in total. The molecule has 3 heterocycles. The lowest BCUT2D eigenvalue weighted by Gasteiger charge is -2.41. The smallest absolute Gasteiger partial charge is 0.312 e. The Balaban J connectivity index is 0.899. The first-order valence-electron chi connectivity index (χ1n) is 24.0. The molecule has 3 aliphatic carbocycles. The van der Waals surface area contributed by atoms with Crippen molar-refractivity contribution in [1.29, 1.82) is 0 Å². The number of rotatable bonds is 15. The number of nitrogens with zero attached hydrogens (tertiary/aromatic N) is 3. The van der Waals surface area contributed by atoms with Crippen molar-refractivity contribution < 1.29 is 32.0 Å². The highest BCUT2D eigenvalue weighted by Gasteiger charge is 2.40. The van der Waals surface area contributed by atoms with Gasteiger partial charge in [-0.05, 0) is 166 Å². The molecule has 13 nitrogen and oxygen atoms in total. The van der Waals surface area contributed by atoms with Gasteiger partial charge in [-0.15, -0.1) is 0 Å². The van der Waals surface area contributed by atoms with Crippen molar-refractivity contribution in [3.8, 4) is 17.2 Å². The van der Waals surface area contributed by atoms with E-state index in [0.29, 0.717) is 29.4 Å². The average molecular weight is 946 g/mol. The third kappa shape index (κ3) is 10.4. The maximum atomic E-state index is 14.0. The second-order valence-corrected chi connectivity index (χ2v) is 26.9. The summed E-state index contributed by atoms with van der Waals surface area (Å²) in [6.45, 7) is 12.5. The second-order valence-electron chi connectivity index (χ2n) is 20.5. The number of nitro groups is 1. The summed E-state index contributed by atoms with van der Waals surface area (Å²) in [5.41, 5.74) is 5.17. The van der Waals surface area contributed by atoms with Gasteiger partial charge in [0.2, 0.25) is 0 Å². The molecule has 1 aliphatic heterocycles. The Labute approximate surface area is 395 Å². The van der Waals surface area contributed by atoms with E-state index in [1.54, 1.807) is 30.6 Å². The molecular weight excluding hydrogens is 883 g/mol. The zero-order valence-electron chi connectivity index (χ0n) is 39.3. The fraction of sp³-hybridized carbons (Fsp3) is 0.462. The van der Waals surface area contributed by atoms with Crippen LogP contribution in [0.25, 0.3) is 16.6 Å². The lowest BCUT2D eigenvalue weighted by atomic mass is 9.88. The van der Waals surface area contributed by atoms with Crippen LogP contribution in [0.4, 0.5) is 5.69 Å². The molecule has 9 rings (SSSR count). The fourth-order valence-electron chi connectivity index (χ4n) is 10.0. The zero-order valence-corrected chi connectivity index (χ0v) is 41.1. The van der Waals surface area contributed by atoms with E-state index in [9.17, 15) is 23.3 Å². The highest BCUT2D eigenvalue weighted by Crippen LogP contribution is 2.47. The fourth-order valence-corrected chi connectivity index (χ4v) is 12.4. The van der Waals surface area contributed by atoms with Crippen LogP contribution in [0.2, 0.25) is 18.1 Å². The van der Waals surface area contributed by atoms with Gasteiger partial charge in [0.05, 0.1) is 28.2 Å². The first kappa shape index (κ1) is 46.7. The number of hydrogen-bond acceptors (Lipinski definition) is 10. The first-order chi connectivity index (χ1) is 32.0. The number of carbonyl (C=O) groups is 1. The number of allylic oxidation sites excluding steroid dienone is 1. The molecule has 2 atom stereocenters. The van der Waals surface area contributed by atoms with Crippen molar-refractivity contribution >= 4 is 46.5 Å². The number of benzene rings is 3. The molecule has 67 heavy (non-hydrogen) atoms. The highest BCUT2D eigenvalue weighted by molar-refractivity contribution is 7.90. The molecule has 354 valence electrons. The van der Waals surface area contributed by atoms with Gasteiger partial charge < -0.3 is 18.9 Å². The number of ether oxygens (including phenoxy) is 2. The van der Waals surface area contributed by atoms with E-state index in [1.165, 1.54) is 48.9 Å². The molecule has 3 aromatic carbocycles. The molecule has 0 bridgehead atoms. The van der Waals surface area contributed by atoms with Gasteiger partial charge in [-0.2, -0.15) is 0 Å². The first-order valence-corrected chi connectivity index (χ1v) is 28.4. The molecule has 0 spiro atoms. The largest absolute Gasteiger partial charge is 0.487 e. The molecule has 1 amide bonds. The summed E-state index contributed by atoms with van der Waals surface area (Å²) >= 11 is 0. The minimum atomic E-state index is -4.59. The van der Waals surface area contributed by atoms with Crippen LogP contribution in [0.5, 0.6) is 17.2 Å². The predicted molar refractivity (Wildman–Crippen MR) is 263 cm³/mol. The Morgan fingerprint density at radius 3 is 2.43 bits per heavy atom. The number of sulfonamides is 1. The van der Waals surface area contributed by atoms with Crippen LogP contribution in [0.3, 0.4) is 0 Å². The summed E-state index contributed by atoms with van der Waals surface area (Å²) in [6, 6.07) is 22.1. The average Bonchev–Trinajstić information content (AvgIpc) is 3.84. The van der Waals surface area contributed by atoms with Gasteiger partial charge in [-0.3, -0.25) is 19.8 Å². The third-order valence-electron chi connectivity index (χ3n) is 14.9. The van der Waals surface area contributed by atoms with Crippen molar-refractivity contribution in [2.45, 2.75) is 139 Å². The monoisotopic (exact) mass is 945 g/mol. The van der Waals surface area contributed by atoms with Crippen molar-refractivity contribution in [3.63, 3.8) is 0 Å². The number of nitrogens with one attached hydrogen (secondary N) is 2. The van der Waals surface area contributed by atoms with E-state index in [4.69, 9.17) is 13.9 Å². The summed E-state index contributed by atoms with van der Waals surface area (Å²) in [6.07, 6.45) is 16.9. The number of aromatic nitrogens is 2. The maximum absolute atomic E-state index is 14.0. The molecular formula is C52H63N5O8SSi. The number of fused-ring (bicyclic) bond motifs is 1. The standard InChI is InChI=1S/C52H63N5O8SSi/c1-52(2,3)67(4,5)65-40-21-12-34(13-22-40)33-63-48-25-23-42(31-47(48)57(59)60)66(61,62)55-51(58)45-24-18-37(30-49(45)64-41-29-38-26-27-53-50(38)54-32-41)35-16-19-39(20-17-35)56-28-8-11-46(56)44-10-7-6-9-43(44)36-14-15-36/h6-7,9-10,16,18,23-27,29-32,34,36,39-40,46H,8,11-15,17,19-22,28,33H2,1-5H3,(H,53,54)(H,55,58)/t34?,39?,40?,46-/m0/s1. The number of hydrogen-bond donors (Lipinski definition) is 2. The van der Waals surface area contributed by atoms with Gasteiger partial charge >= 0.3 is 5.69 Å². The molecule has 2 aromatic heterocycles. The van der Waals surface area contributed by atoms with Gasteiger partial charge in [-0.1, -0.05) is 57.2 Å². The van der Waals surface area contributed by atoms with E-state index in [0.717, 1.165) is 74.1 Å². The Morgan fingerprint density at radius 2 is 1.72 bits per heavy atom. The Hall–Kier alpha value is -5.35. The van der Waals surface area contributed by atoms with E-state index in [2.05, 4.69) is 83.8 Å². The number of nitro benzene ring substituents is 1. The number of aromatic amines is 1. The number of carbonyl (C=O) groups excluding carboxylic acids is 1. The van der Waals surface area contributed by atoms with Crippen molar-refractivity contribution in [2.24, 2.45) is 5.92 Å². The molecule has 15 heteroatoms. The summed E-state index contributed by atoms with van der Waals surface area (Å²) in [5, 5.41) is 13.2. The number of pyridine rings is 1. The Morgan fingerprint density at radius 1 is 0.940 bits per heavy atom. The summed E-state index contributed by atoms with van der Waals surface area (Å²) < 4.78 is 48.8. The van der Waals surface area contributed by atoms with E-state index < -0.39 is 39.8 Å². The molecule has 3 fully saturated rings. The Kier molecular flexibility index (Phi) is 13.2. The van der Waals surface area contributed by atoms with Crippen LogP contribution < -0.4 is 14.2 Å². The van der Waals surface area contributed by atoms with E-state index >= 15 is 0 Å². The van der Waals surface area contributed by atoms with Crippen molar-refractivity contribution in [2.75, 3.05) is 13.2 Å². The number of amides is 1. The van der Waals surface area contributed by atoms with Gasteiger partial charge in [0.15, 0.2) is 14.1 Å². The summed E-state index contributed by atoms with van der Waals surface area (Å²) in [4.78, 5) is 35.5. The highest BCUT2D eigenvalue weighted by atomic mass is 32.2. The minimum absolute atomic E-state index is 0.0242. The predicted octanol–water partition coefficient (Wildman–Crippen LogP) is 12.0. The third-order valence-corrected chi connectivity index (χ3v) is 20.8. The minimum Gasteiger partial charge on any atom is -0.487 e. The van der Waals surface area contributed by atoms with Gasteiger partial charge in [0, 0.05) is 35.8 Å². The topological polar surface area (TPSA) is 166 Å². The van der Waals surface area contributed by atoms with Crippen LogP contribution >= 0.6 is 0 Å². The van der Waals surface area contributed by atoms with Gasteiger partial charge in [-0.25, -0.2) is 18.1 Å². The molecule has 1 unspecified atom stereocenters. The van der Waals surface area contributed by atoms with E-state index in [1.807, 2.05) is 12.1 Å². The van der Waals surface area contributed by atoms with Crippen LogP contribution in [0.15, 0.2) is 96.2 Å². The number of H-pyrrole nitrogens is 1. The van der Waals surface area contributed by atoms with Crippen LogP contribution in [-0.4, -0.2) is 67.7 Å². The van der Waals surface area contributed by atoms with Crippen LogP contribution in [0, 0.1) is 16.0 Å². The van der Waals surface area contributed by atoms with Crippen LogP contribution in [0.1, 0.15) is 130 Å². The molecule has 5 aromatic rings. The summed E-state index contributed by atoms with van der Waals surface area (Å²) in [5.74, 6) is 0.417. The SMILES string of the molecule is CC(C)(C)[Si](C)(C)OC1CCC(COc2ccc(S(=O)(=O)NC(=O)c3ccc(C4=CCC(N5CCC[C@H]5c5ccccc5C5CC5)CC4)cc3Oc3cnc4[nH]ccc4c3)cc2[N+](=O)[O-])CC1. The van der Waals surface area contributed by atoms with Crippen molar-refractivity contribution in [3.05, 3.63) is 124 Å². The van der Waals surface area contributed by atoms with Gasteiger partial charge in [0.25, 0.3) is 15.9 Å². The molecule has 0 radical (unpaired) electrons. The Bertz CT molecular complexity index is 2790. The van der Waals surface area contributed by atoms with Crippen LogP contribution in [-0.2, 0) is 14.4 Å². The van der Waals surface area contributed by atoms with Crippen molar-refractivity contribution in [1.82, 2.24) is 19.6 Å². The summed E-state index contributed by atoms with van der Waals surface area (Å²) in [7, 11) is -6.49. The molecule has 1 saturated heterocycles. The second kappa shape index (κ2) is 19.0. The molecule has 4 aliphatic rings. The lowest BCUT2D eigenvalue weighted by molar-refractivity contribution is -0.386. The zero-order chi connectivity index (χ0) is 47.1. The number of likely N-dealkylation sites (tertiary alicyclic amines) is 1.